The summed E-state index contributed by atoms with van der Waals surface area (Å²) >= 11 is 6.85. The number of fused-ring (bicyclic) bond motifs is 1. The Morgan fingerprint density at radius 2 is 1.74 bits per heavy atom. The van der Waals surface area contributed by atoms with Crippen LogP contribution in [0.4, 0.5) is 20.3 Å². The highest BCUT2D eigenvalue weighted by Gasteiger charge is 2.28. The number of aromatic carboxylic acids is 1. The van der Waals surface area contributed by atoms with Crippen molar-refractivity contribution in [3.8, 4) is 11.8 Å². The Balaban J connectivity index is 1.42. The number of halogens is 3. The Hall–Kier alpha value is -4.53. The molecule has 0 saturated carbocycles. The highest BCUT2D eigenvalue weighted by Crippen LogP contribution is 2.38. The second kappa shape index (κ2) is 11.6. The third kappa shape index (κ3) is 5.28. The summed E-state index contributed by atoms with van der Waals surface area (Å²) in [5.41, 5.74) is -0.334. The summed E-state index contributed by atoms with van der Waals surface area (Å²) in [6.07, 6.45) is 4.84. The van der Waals surface area contributed by atoms with E-state index >= 15 is 8.78 Å². The molecular formula is C31H27ClF2N6O3. The number of rotatable bonds is 6. The molecular weight excluding hydrogens is 578 g/mol. The summed E-state index contributed by atoms with van der Waals surface area (Å²) in [6.45, 7) is 3.93. The van der Waals surface area contributed by atoms with Crippen molar-refractivity contribution in [3.05, 3.63) is 92.4 Å². The lowest BCUT2D eigenvalue weighted by molar-refractivity contribution is 0.0695. The lowest BCUT2D eigenvalue weighted by Crippen LogP contribution is -2.47. The van der Waals surface area contributed by atoms with Crippen molar-refractivity contribution in [3.63, 3.8) is 0 Å². The molecule has 220 valence electrons. The highest BCUT2D eigenvalue weighted by atomic mass is 35.5. The number of hydrogen-bond acceptors (Lipinski definition) is 7. The molecule has 1 N–H and O–H groups in total. The minimum Gasteiger partial charge on any atom is -0.477 e. The molecule has 0 spiro atoms. The van der Waals surface area contributed by atoms with Crippen LogP contribution in [0.15, 0.2) is 53.6 Å². The van der Waals surface area contributed by atoms with Gasteiger partial charge in [-0.05, 0) is 61.8 Å². The van der Waals surface area contributed by atoms with Crippen LogP contribution in [-0.4, -0.2) is 64.8 Å². The maximum atomic E-state index is 15.7. The Bertz CT molecular complexity index is 1840. The minimum atomic E-state index is -1.52. The summed E-state index contributed by atoms with van der Waals surface area (Å²) in [7, 11) is 0. The highest BCUT2D eigenvalue weighted by molar-refractivity contribution is 6.38. The molecule has 4 aromatic rings. The largest absolute Gasteiger partial charge is 0.477 e. The van der Waals surface area contributed by atoms with E-state index in [1.807, 2.05) is 4.90 Å². The molecule has 0 aliphatic carbocycles. The van der Waals surface area contributed by atoms with E-state index in [1.54, 1.807) is 29.3 Å². The number of carboxylic acid groups (broad SMARTS) is 1. The third-order valence-corrected chi connectivity index (χ3v) is 8.42. The lowest BCUT2D eigenvalue weighted by atomic mass is 10.1. The van der Waals surface area contributed by atoms with Crippen molar-refractivity contribution < 1.29 is 18.7 Å². The van der Waals surface area contributed by atoms with Gasteiger partial charge in [0.1, 0.15) is 29.1 Å². The predicted octanol–water partition coefficient (Wildman–Crippen LogP) is 4.81. The molecule has 43 heavy (non-hydrogen) atoms. The molecule has 2 aromatic heterocycles. The third-order valence-electron chi connectivity index (χ3n) is 8.07. The first-order chi connectivity index (χ1) is 20.8. The van der Waals surface area contributed by atoms with Crippen molar-refractivity contribution in [1.29, 1.82) is 5.26 Å². The van der Waals surface area contributed by atoms with Crippen LogP contribution in [0, 0.1) is 23.0 Å². The summed E-state index contributed by atoms with van der Waals surface area (Å²) < 4.78 is 32.6. The molecule has 4 heterocycles. The van der Waals surface area contributed by atoms with Gasteiger partial charge in [0.2, 0.25) is 5.43 Å². The van der Waals surface area contributed by atoms with Gasteiger partial charge in [-0.2, -0.15) is 5.26 Å². The van der Waals surface area contributed by atoms with Crippen LogP contribution in [-0.2, 0) is 6.54 Å². The maximum Gasteiger partial charge on any atom is 0.341 e. The fourth-order valence-corrected chi connectivity index (χ4v) is 6.36. The van der Waals surface area contributed by atoms with E-state index < -0.39 is 28.6 Å². The smallest absolute Gasteiger partial charge is 0.341 e. The van der Waals surface area contributed by atoms with Gasteiger partial charge in [0.05, 0.1) is 32.9 Å². The standard InChI is InChI=1S/C31H27ClF2N6O3/c32-26-27-21(15-24(34)28(26)38-10-12-39(13-11-38)30-20(16-35)4-3-7-36-30)29(41)22(31(42)43)18-40(27)25-6-5-19(14-23(25)33)17-37-8-1-2-9-37/h3-7,14-15,18H,1-2,8-13,17H2,(H,42,43). The first-order valence-electron chi connectivity index (χ1n) is 13.9. The summed E-state index contributed by atoms with van der Waals surface area (Å²) in [5.74, 6) is -2.41. The fraction of sp³-hybridized carbons (Fsp3) is 0.290. The SMILES string of the molecule is N#Cc1cccnc1N1CCN(c2c(F)cc3c(=O)c(C(=O)O)cn(-c4ccc(CN5CCCC5)cc4F)c3c2Cl)CC1. The van der Waals surface area contributed by atoms with Crippen LogP contribution in [0.1, 0.15) is 34.3 Å². The molecule has 9 nitrogen and oxygen atoms in total. The number of pyridine rings is 2. The zero-order valence-corrected chi connectivity index (χ0v) is 23.8. The molecule has 2 fully saturated rings. The normalized spacial score (nSPS) is 15.7. The molecule has 6 rings (SSSR count). The van der Waals surface area contributed by atoms with Gasteiger partial charge in [0.25, 0.3) is 0 Å². The molecule has 2 aliphatic heterocycles. The molecule has 2 aliphatic rings. The lowest BCUT2D eigenvalue weighted by Gasteiger charge is -2.37. The number of carboxylic acids is 1. The number of benzene rings is 2. The minimum absolute atomic E-state index is 0.0122. The number of aromatic nitrogens is 2. The second-order valence-corrected chi connectivity index (χ2v) is 11.1. The van der Waals surface area contributed by atoms with Gasteiger partial charge >= 0.3 is 5.97 Å². The zero-order chi connectivity index (χ0) is 30.2. The van der Waals surface area contributed by atoms with Gasteiger partial charge in [-0.15, -0.1) is 0 Å². The topological polar surface area (TPSA) is 106 Å². The molecule has 0 amide bonds. The van der Waals surface area contributed by atoms with Gasteiger partial charge in [-0.25, -0.2) is 18.6 Å². The zero-order valence-electron chi connectivity index (χ0n) is 23.1. The number of piperazine rings is 1. The van der Waals surface area contributed by atoms with Gasteiger partial charge in [0, 0.05) is 45.1 Å². The first kappa shape index (κ1) is 28.6. The van der Waals surface area contributed by atoms with E-state index in [0.29, 0.717) is 44.1 Å². The van der Waals surface area contributed by atoms with E-state index in [4.69, 9.17) is 11.6 Å². The monoisotopic (exact) mass is 604 g/mol. The molecule has 0 radical (unpaired) electrons. The quantitative estimate of drug-likeness (QED) is 0.334. The van der Waals surface area contributed by atoms with Crippen molar-refractivity contribution >= 4 is 40.0 Å². The Morgan fingerprint density at radius 3 is 2.42 bits per heavy atom. The van der Waals surface area contributed by atoms with Crippen molar-refractivity contribution in [2.24, 2.45) is 0 Å². The maximum absolute atomic E-state index is 15.7. The van der Waals surface area contributed by atoms with Crippen LogP contribution in [0.2, 0.25) is 5.02 Å². The molecule has 0 bridgehead atoms. The average molecular weight is 605 g/mol. The van der Waals surface area contributed by atoms with Crippen LogP contribution >= 0.6 is 11.6 Å². The van der Waals surface area contributed by atoms with Gasteiger partial charge in [-0.3, -0.25) is 9.69 Å². The average Bonchev–Trinajstić information content (AvgIpc) is 3.51. The predicted molar refractivity (Wildman–Crippen MR) is 159 cm³/mol. The molecule has 2 saturated heterocycles. The van der Waals surface area contributed by atoms with E-state index in [0.717, 1.165) is 43.8 Å². The summed E-state index contributed by atoms with van der Waals surface area (Å²) in [4.78, 5) is 35.4. The van der Waals surface area contributed by atoms with Crippen molar-refractivity contribution in [2.45, 2.75) is 19.4 Å². The summed E-state index contributed by atoms with van der Waals surface area (Å²) in [5, 5.41) is 18.8. The van der Waals surface area contributed by atoms with Crippen LogP contribution < -0.4 is 15.2 Å². The molecule has 12 heteroatoms. The second-order valence-electron chi connectivity index (χ2n) is 10.7. The molecule has 0 unspecified atom stereocenters. The Labute approximate surface area is 250 Å². The number of nitriles is 1. The summed E-state index contributed by atoms with van der Waals surface area (Å²) in [6, 6.07) is 11.1. The van der Waals surface area contributed by atoms with Crippen LogP contribution in [0.25, 0.3) is 16.6 Å². The molecule has 2 aromatic carbocycles. The van der Waals surface area contributed by atoms with Gasteiger partial charge in [0.15, 0.2) is 0 Å². The number of hydrogen-bond donors (Lipinski definition) is 1. The van der Waals surface area contributed by atoms with Crippen molar-refractivity contribution in [2.75, 3.05) is 49.1 Å². The number of carbonyl (C=O) groups is 1. The van der Waals surface area contributed by atoms with E-state index in [-0.39, 0.29) is 27.3 Å². The van der Waals surface area contributed by atoms with Gasteiger partial charge in [-0.1, -0.05) is 17.7 Å². The van der Waals surface area contributed by atoms with E-state index in [2.05, 4.69) is 16.0 Å². The van der Waals surface area contributed by atoms with Crippen molar-refractivity contribution in [1.82, 2.24) is 14.5 Å². The Morgan fingerprint density at radius 1 is 1.02 bits per heavy atom. The van der Waals surface area contributed by atoms with E-state index in [1.165, 1.54) is 16.7 Å². The van der Waals surface area contributed by atoms with Gasteiger partial charge < -0.3 is 19.5 Å². The first-order valence-corrected chi connectivity index (χ1v) is 14.3. The fourth-order valence-electron chi connectivity index (χ4n) is 5.96. The number of likely N-dealkylation sites (tertiary alicyclic amines) is 1. The van der Waals surface area contributed by atoms with E-state index in [9.17, 15) is 20.0 Å². The molecule has 0 atom stereocenters. The Kier molecular flexibility index (Phi) is 7.73. The number of nitrogens with zero attached hydrogens (tertiary/aromatic N) is 6. The van der Waals surface area contributed by atoms with Crippen LogP contribution in [0.5, 0.6) is 0 Å². The van der Waals surface area contributed by atoms with Crippen LogP contribution in [0.3, 0.4) is 0 Å². The number of anilines is 2.